The number of likely N-dealkylation sites (tertiary alicyclic amines) is 1. The van der Waals surface area contributed by atoms with Gasteiger partial charge in [-0.05, 0) is 31.7 Å². The number of carbonyl (C=O) groups excluding carboxylic acids is 3. The molecule has 2 saturated carbocycles. The maximum atomic E-state index is 15.0. The van der Waals surface area contributed by atoms with E-state index < -0.39 is 11.2 Å². The van der Waals surface area contributed by atoms with E-state index in [1.807, 2.05) is 0 Å². The van der Waals surface area contributed by atoms with Crippen molar-refractivity contribution in [2.24, 2.45) is 0 Å². The quantitative estimate of drug-likeness (QED) is 0.656. The van der Waals surface area contributed by atoms with Crippen molar-refractivity contribution in [2.45, 2.75) is 94.5 Å². The molecule has 3 aliphatic rings. The Kier molecular flexibility index (Phi) is 6.44. The lowest BCUT2D eigenvalue weighted by Gasteiger charge is -2.35. The number of carbonyl (C=O) groups is 3. The third kappa shape index (κ3) is 4.13. The lowest BCUT2D eigenvalue weighted by atomic mass is 9.75. The summed E-state index contributed by atoms with van der Waals surface area (Å²) in [6.45, 7) is 0. The van der Waals surface area contributed by atoms with Crippen LogP contribution in [0.3, 0.4) is 0 Å². The van der Waals surface area contributed by atoms with Crippen LogP contribution in [0, 0.1) is 5.82 Å². The normalized spacial score (nSPS) is 25.8. The van der Waals surface area contributed by atoms with Gasteiger partial charge >= 0.3 is 0 Å². The minimum absolute atomic E-state index is 0.131. The predicted molar refractivity (Wildman–Crippen MR) is 116 cm³/mol. The summed E-state index contributed by atoms with van der Waals surface area (Å²) in [5.74, 6) is -1.36. The number of nitrogens with zero attached hydrogens (tertiary/aromatic N) is 2. The van der Waals surface area contributed by atoms with Crippen LogP contribution < -0.4 is 0 Å². The molecule has 3 amide bonds. The number of benzene rings is 1. The van der Waals surface area contributed by atoms with Crippen LogP contribution in [-0.4, -0.2) is 46.7 Å². The van der Waals surface area contributed by atoms with Crippen LogP contribution in [0.15, 0.2) is 24.3 Å². The molecule has 0 spiro atoms. The number of hydrogen-bond donors (Lipinski definition) is 0. The Morgan fingerprint density at radius 3 is 2.29 bits per heavy atom. The Balaban J connectivity index is 1.66. The van der Waals surface area contributed by atoms with Gasteiger partial charge in [0.25, 0.3) is 0 Å². The zero-order valence-corrected chi connectivity index (χ0v) is 18.4. The highest BCUT2D eigenvalue weighted by molar-refractivity contribution is 6.11. The van der Waals surface area contributed by atoms with Crippen molar-refractivity contribution in [3.8, 4) is 0 Å². The molecule has 4 rings (SSSR count). The highest BCUT2D eigenvalue weighted by atomic mass is 19.1. The number of imide groups is 1. The molecule has 1 aliphatic heterocycles. The fraction of sp³-hybridized carbons (Fsp3) is 0.640. The lowest BCUT2D eigenvalue weighted by molar-refractivity contribution is -0.145. The van der Waals surface area contributed by atoms with Crippen LogP contribution in [0.25, 0.3) is 0 Å². The summed E-state index contributed by atoms with van der Waals surface area (Å²) in [6, 6.07) is 6.15. The van der Waals surface area contributed by atoms with Gasteiger partial charge in [0.2, 0.25) is 17.7 Å². The van der Waals surface area contributed by atoms with Gasteiger partial charge < -0.3 is 4.90 Å². The van der Waals surface area contributed by atoms with Gasteiger partial charge in [0, 0.05) is 37.5 Å². The van der Waals surface area contributed by atoms with Crippen molar-refractivity contribution in [2.75, 3.05) is 7.05 Å². The zero-order valence-electron chi connectivity index (χ0n) is 18.4. The fourth-order valence-corrected chi connectivity index (χ4v) is 5.82. The molecule has 168 valence electrons. The summed E-state index contributed by atoms with van der Waals surface area (Å²) in [6.07, 6.45) is 9.64. The molecule has 5 nitrogen and oxygen atoms in total. The van der Waals surface area contributed by atoms with Crippen molar-refractivity contribution in [3.63, 3.8) is 0 Å². The first-order valence-electron chi connectivity index (χ1n) is 11.8. The van der Waals surface area contributed by atoms with Gasteiger partial charge in [-0.15, -0.1) is 0 Å². The second kappa shape index (κ2) is 9.09. The molecule has 0 unspecified atom stereocenters. The van der Waals surface area contributed by atoms with E-state index in [1.54, 1.807) is 30.1 Å². The van der Waals surface area contributed by atoms with Crippen molar-refractivity contribution in [1.82, 2.24) is 9.80 Å². The molecule has 3 fully saturated rings. The van der Waals surface area contributed by atoms with E-state index in [0.29, 0.717) is 0 Å². The highest BCUT2D eigenvalue weighted by Crippen LogP contribution is 2.44. The van der Waals surface area contributed by atoms with Gasteiger partial charge in [-0.3, -0.25) is 19.3 Å². The van der Waals surface area contributed by atoms with E-state index >= 15 is 0 Å². The summed E-state index contributed by atoms with van der Waals surface area (Å²) in [5.41, 5.74) is -1.27. The highest BCUT2D eigenvalue weighted by Gasteiger charge is 2.56. The minimum Gasteiger partial charge on any atom is -0.343 e. The second-order valence-corrected chi connectivity index (χ2v) is 9.57. The van der Waals surface area contributed by atoms with E-state index in [1.165, 1.54) is 17.4 Å². The largest absolute Gasteiger partial charge is 0.343 e. The number of amides is 3. The van der Waals surface area contributed by atoms with Crippen LogP contribution in [0.4, 0.5) is 4.39 Å². The van der Waals surface area contributed by atoms with Crippen LogP contribution >= 0.6 is 0 Å². The van der Waals surface area contributed by atoms with Gasteiger partial charge in [-0.25, -0.2) is 4.39 Å². The van der Waals surface area contributed by atoms with E-state index in [4.69, 9.17) is 0 Å². The summed E-state index contributed by atoms with van der Waals surface area (Å²) in [5, 5.41) is 0. The fourth-order valence-electron chi connectivity index (χ4n) is 5.82. The Hall–Kier alpha value is -2.24. The smallest absolute Gasteiger partial charge is 0.241 e. The van der Waals surface area contributed by atoms with Crippen LogP contribution in [0.5, 0.6) is 0 Å². The summed E-state index contributed by atoms with van der Waals surface area (Å²) in [4.78, 5) is 43.3. The van der Waals surface area contributed by atoms with E-state index in [-0.39, 0.29) is 48.2 Å². The van der Waals surface area contributed by atoms with Gasteiger partial charge in [0.1, 0.15) is 5.82 Å². The molecule has 1 atom stereocenters. The Morgan fingerprint density at radius 2 is 1.65 bits per heavy atom. The molecule has 6 heteroatoms. The van der Waals surface area contributed by atoms with Crippen LogP contribution in [0.1, 0.15) is 82.6 Å². The van der Waals surface area contributed by atoms with Gasteiger partial charge in [-0.2, -0.15) is 0 Å². The average Bonchev–Trinajstić information content (AvgIpc) is 3.04. The first-order valence-corrected chi connectivity index (χ1v) is 11.8. The van der Waals surface area contributed by atoms with Crippen LogP contribution in [0.2, 0.25) is 0 Å². The van der Waals surface area contributed by atoms with Crippen LogP contribution in [-0.2, 0) is 19.8 Å². The third-order valence-electron chi connectivity index (χ3n) is 7.65. The number of hydrogen-bond acceptors (Lipinski definition) is 3. The first kappa shape index (κ1) is 22.0. The molecule has 1 aromatic carbocycles. The van der Waals surface area contributed by atoms with Gasteiger partial charge in [0.05, 0.1) is 5.41 Å². The third-order valence-corrected chi connectivity index (χ3v) is 7.65. The summed E-state index contributed by atoms with van der Waals surface area (Å²) in [7, 11) is 1.79. The average molecular weight is 429 g/mol. The predicted octanol–water partition coefficient (Wildman–Crippen LogP) is 4.34. The summed E-state index contributed by atoms with van der Waals surface area (Å²) < 4.78 is 15.0. The van der Waals surface area contributed by atoms with Gasteiger partial charge in [-0.1, -0.05) is 56.7 Å². The standard InChI is InChI=1S/C25H33FN2O3/c1-27(18-10-4-2-5-11-18)22(29)16-25(20-14-8-9-15-21(20)26)17-23(30)28(24(25)31)19-12-6-3-7-13-19/h8-9,14-15,18-19H,2-7,10-13,16-17H2,1H3/t25-/m1/s1. The topological polar surface area (TPSA) is 57.7 Å². The molecule has 0 aromatic heterocycles. The second-order valence-electron chi connectivity index (χ2n) is 9.57. The zero-order chi connectivity index (χ0) is 22.0. The summed E-state index contributed by atoms with van der Waals surface area (Å²) >= 11 is 0. The Bertz CT molecular complexity index is 845. The molecule has 1 saturated heterocycles. The maximum Gasteiger partial charge on any atom is 0.241 e. The molecule has 31 heavy (non-hydrogen) atoms. The molecular formula is C25H33FN2O3. The van der Waals surface area contributed by atoms with E-state index in [9.17, 15) is 18.8 Å². The van der Waals surface area contributed by atoms with E-state index in [0.717, 1.165) is 57.8 Å². The molecule has 2 aliphatic carbocycles. The van der Waals surface area contributed by atoms with Crippen molar-refractivity contribution < 1.29 is 18.8 Å². The maximum absolute atomic E-state index is 15.0. The molecule has 0 N–H and O–H groups in total. The Morgan fingerprint density at radius 1 is 1.03 bits per heavy atom. The van der Waals surface area contributed by atoms with E-state index in [2.05, 4.69) is 0 Å². The molecule has 0 radical (unpaired) electrons. The lowest BCUT2D eigenvalue weighted by Crippen LogP contribution is -2.48. The van der Waals surface area contributed by atoms with Crippen molar-refractivity contribution in [1.29, 1.82) is 0 Å². The molecule has 1 heterocycles. The van der Waals surface area contributed by atoms with Crippen molar-refractivity contribution >= 4 is 17.7 Å². The molecular weight excluding hydrogens is 395 g/mol. The molecule has 1 aromatic rings. The SMILES string of the molecule is CN(C(=O)C[C@]1(c2ccccc2F)CC(=O)N(C2CCCCC2)C1=O)C1CCCCC1. The monoisotopic (exact) mass is 428 g/mol. The van der Waals surface area contributed by atoms with Crippen molar-refractivity contribution in [3.05, 3.63) is 35.6 Å². The number of rotatable bonds is 5. The number of halogens is 1. The Labute approximate surface area is 184 Å². The minimum atomic E-state index is -1.44. The molecule has 0 bridgehead atoms. The van der Waals surface area contributed by atoms with Gasteiger partial charge in [0.15, 0.2) is 0 Å². The first-order chi connectivity index (χ1) is 14.9.